The minimum atomic E-state index is -0.701. The van der Waals surface area contributed by atoms with E-state index >= 15 is 0 Å². The zero-order valence-electron chi connectivity index (χ0n) is 18.5. The summed E-state index contributed by atoms with van der Waals surface area (Å²) in [6, 6.07) is 16.9. The van der Waals surface area contributed by atoms with Gasteiger partial charge in [-0.25, -0.2) is 8.78 Å². The van der Waals surface area contributed by atoms with E-state index in [-0.39, 0.29) is 23.5 Å². The number of amides is 1. The maximum Gasteiger partial charge on any atom is 0.293 e. The van der Waals surface area contributed by atoms with Crippen LogP contribution in [0.5, 0.6) is 5.75 Å². The fourth-order valence-electron chi connectivity index (χ4n) is 3.51. The number of rotatable bonds is 4. The number of carbonyl (C=O) groups is 1. The van der Waals surface area contributed by atoms with Crippen LogP contribution >= 0.6 is 0 Å². The first-order valence-electron chi connectivity index (χ1n) is 10.5. The third-order valence-corrected chi connectivity index (χ3v) is 5.17. The summed E-state index contributed by atoms with van der Waals surface area (Å²) in [5.41, 5.74) is 1.20. The molecule has 0 unspecified atom stereocenters. The molecular weight excluding hydrogens is 426 g/mol. The summed E-state index contributed by atoms with van der Waals surface area (Å²) < 4.78 is 28.8. The molecule has 0 bridgehead atoms. The minimum absolute atomic E-state index is 0.159. The number of hydrogen-bond acceptors (Lipinski definition) is 3. The molecule has 3 aromatic carbocycles. The zero-order chi connectivity index (χ0) is 24.1. The summed E-state index contributed by atoms with van der Waals surface area (Å²) in [4.78, 5) is 25.1. The van der Waals surface area contributed by atoms with Crippen LogP contribution in [-0.4, -0.2) is 15.6 Å². The first-order chi connectivity index (χ1) is 15.9. The quantitative estimate of drug-likeness (QED) is 0.452. The van der Waals surface area contributed by atoms with Crippen molar-refractivity contribution >= 4 is 16.8 Å². The first-order valence-corrected chi connectivity index (χ1v) is 10.5. The lowest BCUT2D eigenvalue weighted by molar-refractivity contribution is 0.0949. The van der Waals surface area contributed by atoms with Crippen LogP contribution in [0.25, 0.3) is 22.0 Å². The highest BCUT2D eigenvalue weighted by Crippen LogP contribution is 2.25. The molecule has 33 heavy (non-hydrogen) atoms. The molecule has 0 aliphatic rings. The van der Waals surface area contributed by atoms with Gasteiger partial charge in [-0.3, -0.25) is 9.59 Å². The number of aromatic hydroxyl groups is 1. The van der Waals surface area contributed by atoms with Gasteiger partial charge >= 0.3 is 0 Å². The summed E-state index contributed by atoms with van der Waals surface area (Å²) >= 11 is 0. The van der Waals surface area contributed by atoms with Crippen molar-refractivity contribution in [3.05, 3.63) is 99.8 Å². The van der Waals surface area contributed by atoms with E-state index in [2.05, 4.69) is 5.32 Å². The first kappa shape index (κ1) is 23.7. The van der Waals surface area contributed by atoms with Gasteiger partial charge in [-0.05, 0) is 41.5 Å². The van der Waals surface area contributed by atoms with Gasteiger partial charge in [-0.2, -0.15) is 0 Å². The molecule has 0 radical (unpaired) electrons. The molecule has 0 saturated heterocycles. The molecule has 0 atom stereocenters. The summed E-state index contributed by atoms with van der Waals surface area (Å²) in [6.45, 7) is 3.84. The second kappa shape index (κ2) is 10.1. The molecule has 7 heteroatoms. The van der Waals surface area contributed by atoms with Gasteiger partial charge in [0.05, 0.1) is 11.1 Å². The molecule has 0 spiro atoms. The lowest BCUT2D eigenvalue weighted by atomic mass is 10.0. The van der Waals surface area contributed by atoms with Crippen molar-refractivity contribution in [3.8, 4) is 16.9 Å². The molecule has 1 amide bonds. The number of fused-ring (bicyclic) bond motifs is 1. The maximum absolute atomic E-state index is 14.3. The van der Waals surface area contributed by atoms with E-state index in [9.17, 15) is 23.5 Å². The molecule has 1 aromatic heterocycles. The number of benzene rings is 3. The second-order valence-corrected chi connectivity index (χ2v) is 7.10. The molecule has 2 N–H and O–H groups in total. The highest BCUT2D eigenvalue weighted by atomic mass is 19.1. The van der Waals surface area contributed by atoms with Crippen LogP contribution in [0.4, 0.5) is 8.78 Å². The van der Waals surface area contributed by atoms with Gasteiger partial charge in [0.2, 0.25) is 0 Å². The normalized spacial score (nSPS) is 10.5. The SMILES string of the molecule is CC.Cn1c(=O)c(O)c(C(=O)NCc2cc(-c3ccc(F)cc3)ccc2F)c2ccccc21. The summed E-state index contributed by atoms with van der Waals surface area (Å²) in [5.74, 6) is -2.26. The molecule has 1 heterocycles. The Morgan fingerprint density at radius 2 is 1.61 bits per heavy atom. The third-order valence-electron chi connectivity index (χ3n) is 5.17. The topological polar surface area (TPSA) is 71.3 Å². The number of nitrogens with zero attached hydrogens (tertiary/aromatic N) is 1. The van der Waals surface area contributed by atoms with Gasteiger partial charge in [-0.1, -0.05) is 50.2 Å². The summed E-state index contributed by atoms with van der Waals surface area (Å²) in [5, 5.41) is 13.3. The van der Waals surface area contributed by atoms with Crippen LogP contribution in [0.1, 0.15) is 29.8 Å². The fourth-order valence-corrected chi connectivity index (χ4v) is 3.51. The Bertz CT molecular complexity index is 1360. The van der Waals surface area contributed by atoms with E-state index in [1.165, 1.54) is 29.8 Å². The van der Waals surface area contributed by atoms with Crippen LogP contribution in [0.3, 0.4) is 0 Å². The molecule has 0 fully saturated rings. The number of hydrogen-bond donors (Lipinski definition) is 2. The predicted octanol–water partition coefficient (Wildman–Crippen LogP) is 5.15. The van der Waals surface area contributed by atoms with Crippen LogP contribution in [-0.2, 0) is 13.6 Å². The van der Waals surface area contributed by atoms with Crippen molar-refractivity contribution in [3.63, 3.8) is 0 Å². The molecule has 5 nitrogen and oxygen atoms in total. The summed E-state index contributed by atoms with van der Waals surface area (Å²) in [7, 11) is 1.50. The molecule has 0 saturated carbocycles. The van der Waals surface area contributed by atoms with Crippen LogP contribution in [0.2, 0.25) is 0 Å². The second-order valence-electron chi connectivity index (χ2n) is 7.10. The van der Waals surface area contributed by atoms with Crippen molar-refractivity contribution in [1.82, 2.24) is 9.88 Å². The largest absolute Gasteiger partial charge is 0.502 e. The highest BCUT2D eigenvalue weighted by molar-refractivity contribution is 6.08. The van der Waals surface area contributed by atoms with Crippen LogP contribution < -0.4 is 10.9 Å². The van der Waals surface area contributed by atoms with Gasteiger partial charge in [0.15, 0.2) is 5.75 Å². The molecule has 4 rings (SSSR count). The molecule has 170 valence electrons. The Morgan fingerprint density at radius 3 is 2.30 bits per heavy atom. The Labute approximate surface area is 189 Å². The Kier molecular flexibility index (Phi) is 7.23. The van der Waals surface area contributed by atoms with Gasteiger partial charge in [0.25, 0.3) is 11.5 Å². The fraction of sp³-hybridized carbons (Fsp3) is 0.154. The van der Waals surface area contributed by atoms with E-state index in [4.69, 9.17) is 0 Å². The van der Waals surface area contributed by atoms with Crippen molar-refractivity contribution in [2.75, 3.05) is 0 Å². The monoisotopic (exact) mass is 450 g/mol. The third kappa shape index (κ3) is 4.77. The molecular formula is C26H24F2N2O3. The minimum Gasteiger partial charge on any atom is -0.502 e. The number of para-hydroxylation sites is 1. The van der Waals surface area contributed by atoms with Gasteiger partial charge in [0, 0.05) is 24.5 Å². The van der Waals surface area contributed by atoms with Gasteiger partial charge < -0.3 is 15.0 Å². The molecule has 4 aromatic rings. The van der Waals surface area contributed by atoms with Crippen molar-refractivity contribution in [2.24, 2.45) is 7.05 Å². The Hall–Kier alpha value is -4.00. The number of aryl methyl sites for hydroxylation is 1. The van der Waals surface area contributed by atoms with Crippen molar-refractivity contribution in [1.29, 1.82) is 0 Å². The van der Waals surface area contributed by atoms with E-state index in [0.29, 0.717) is 22.0 Å². The molecule has 0 aliphatic carbocycles. The molecule has 0 aliphatic heterocycles. The van der Waals surface area contributed by atoms with Crippen LogP contribution in [0, 0.1) is 11.6 Å². The Morgan fingerprint density at radius 1 is 0.970 bits per heavy atom. The average molecular weight is 450 g/mol. The number of halogens is 2. The Balaban J connectivity index is 0.00000149. The van der Waals surface area contributed by atoms with E-state index < -0.39 is 23.0 Å². The van der Waals surface area contributed by atoms with E-state index in [1.54, 1.807) is 48.5 Å². The van der Waals surface area contributed by atoms with E-state index in [0.717, 1.165) is 0 Å². The average Bonchev–Trinajstić information content (AvgIpc) is 2.84. The lowest BCUT2D eigenvalue weighted by Crippen LogP contribution is -2.27. The summed E-state index contributed by atoms with van der Waals surface area (Å²) in [6.07, 6.45) is 0. The zero-order valence-corrected chi connectivity index (χ0v) is 18.5. The van der Waals surface area contributed by atoms with Gasteiger partial charge in [0.1, 0.15) is 11.6 Å². The number of pyridine rings is 1. The van der Waals surface area contributed by atoms with Crippen molar-refractivity contribution < 1.29 is 18.7 Å². The smallest absolute Gasteiger partial charge is 0.293 e. The predicted molar refractivity (Wildman–Crippen MR) is 125 cm³/mol. The highest BCUT2D eigenvalue weighted by Gasteiger charge is 2.20. The van der Waals surface area contributed by atoms with Crippen LogP contribution in [0.15, 0.2) is 71.5 Å². The number of aromatic nitrogens is 1. The van der Waals surface area contributed by atoms with Gasteiger partial charge in [-0.15, -0.1) is 0 Å². The number of nitrogens with one attached hydrogen (secondary N) is 1. The maximum atomic E-state index is 14.3. The van der Waals surface area contributed by atoms with Crippen molar-refractivity contribution in [2.45, 2.75) is 20.4 Å². The standard InChI is InChI=1S/C24H18F2N2O3.C2H6/c1-28-20-5-3-2-4-18(20)21(22(29)24(28)31)23(30)27-13-16-12-15(8-11-19(16)26)14-6-9-17(25)10-7-14;1-2/h2-12,29H,13H2,1H3,(H,27,30);1-2H3. The number of carbonyl (C=O) groups excluding carboxylic acids is 1. The lowest BCUT2D eigenvalue weighted by Gasteiger charge is -2.13. The van der Waals surface area contributed by atoms with E-state index in [1.807, 2.05) is 13.8 Å².